The number of nitrogens with two attached hydrogens (primary N) is 1. The van der Waals surface area contributed by atoms with Crippen LogP contribution in [0.3, 0.4) is 0 Å². The first-order valence-corrected chi connectivity index (χ1v) is 7.78. The first kappa shape index (κ1) is 19.8. The summed E-state index contributed by atoms with van der Waals surface area (Å²) in [5, 5.41) is 0. The molecule has 1 fully saturated rings. The summed E-state index contributed by atoms with van der Waals surface area (Å²) in [5.41, 5.74) is 5.69. The van der Waals surface area contributed by atoms with Crippen LogP contribution in [0.25, 0.3) is 0 Å². The lowest BCUT2D eigenvalue weighted by Gasteiger charge is -2.36. The molecule has 3 rings (SSSR count). The van der Waals surface area contributed by atoms with Gasteiger partial charge in [-0.05, 0) is 30.3 Å². The summed E-state index contributed by atoms with van der Waals surface area (Å²) >= 11 is 0. The second kappa shape index (κ2) is 7.82. The quantitative estimate of drug-likeness (QED) is 0.861. The molecule has 1 aliphatic rings. The van der Waals surface area contributed by atoms with E-state index in [4.69, 9.17) is 5.73 Å². The van der Waals surface area contributed by atoms with Crippen molar-refractivity contribution in [3.63, 3.8) is 0 Å². The average Bonchev–Trinajstić information content (AvgIpc) is 2.61. The minimum atomic E-state index is -4.37. The smallest absolute Gasteiger partial charge is 0.384 e. The van der Waals surface area contributed by atoms with Crippen LogP contribution in [0, 0.1) is 0 Å². The van der Waals surface area contributed by atoms with Crippen molar-refractivity contribution in [1.82, 2.24) is 9.88 Å². The second-order valence-corrected chi connectivity index (χ2v) is 5.78. The van der Waals surface area contributed by atoms with Gasteiger partial charge >= 0.3 is 6.18 Å². The number of halogens is 4. The highest BCUT2D eigenvalue weighted by atomic mass is 35.5. The van der Waals surface area contributed by atoms with E-state index in [0.29, 0.717) is 31.9 Å². The van der Waals surface area contributed by atoms with Crippen molar-refractivity contribution in [2.75, 3.05) is 36.8 Å². The fraction of sp³-hybridized carbons (Fsp3) is 0.294. The van der Waals surface area contributed by atoms with Gasteiger partial charge in [0, 0.05) is 31.9 Å². The summed E-state index contributed by atoms with van der Waals surface area (Å²) in [6.07, 6.45) is -4.37. The number of alkyl halides is 3. The Bertz CT molecular complexity index is 777. The zero-order chi connectivity index (χ0) is 18.0. The number of piperazine rings is 1. The van der Waals surface area contributed by atoms with Crippen LogP contribution >= 0.6 is 12.4 Å². The van der Waals surface area contributed by atoms with Gasteiger partial charge in [0.2, 0.25) is 0 Å². The van der Waals surface area contributed by atoms with Gasteiger partial charge in [0.15, 0.2) is 0 Å². The summed E-state index contributed by atoms with van der Waals surface area (Å²) < 4.78 is 38.5. The van der Waals surface area contributed by atoms with E-state index in [1.807, 2.05) is 4.90 Å². The number of carbonyl (C=O) groups is 1. The normalized spacial score (nSPS) is 14.7. The summed E-state index contributed by atoms with van der Waals surface area (Å²) in [5.74, 6) is 0.0458. The number of hydrogen-bond donors (Lipinski definition) is 1. The van der Waals surface area contributed by atoms with Gasteiger partial charge < -0.3 is 15.5 Å². The van der Waals surface area contributed by atoms with Gasteiger partial charge in [0.25, 0.3) is 5.91 Å². The number of amides is 1. The van der Waals surface area contributed by atoms with E-state index < -0.39 is 11.7 Å². The molecule has 5 nitrogen and oxygen atoms in total. The van der Waals surface area contributed by atoms with Crippen molar-refractivity contribution in [1.29, 1.82) is 0 Å². The van der Waals surface area contributed by atoms with Crippen LogP contribution in [0.2, 0.25) is 0 Å². The number of nitrogen functional groups attached to an aromatic ring is 1. The molecule has 9 heteroatoms. The number of nitrogens with zero attached hydrogens (tertiary/aromatic N) is 3. The van der Waals surface area contributed by atoms with Crippen LogP contribution in [0.4, 0.5) is 24.7 Å². The molecule has 0 saturated carbocycles. The number of aromatic nitrogens is 1. The third kappa shape index (κ3) is 4.37. The van der Waals surface area contributed by atoms with E-state index in [0.717, 1.165) is 12.1 Å². The molecule has 2 heterocycles. The SMILES string of the molecule is Cl.Nc1cccc(C(=O)N2CCN(c3cccc(C(F)(F)F)c3)CC2)n1. The Balaban J connectivity index is 0.00000243. The molecular formula is C17H18ClF3N4O. The number of hydrogen-bond acceptors (Lipinski definition) is 4. The van der Waals surface area contributed by atoms with E-state index in [9.17, 15) is 18.0 Å². The zero-order valence-corrected chi connectivity index (χ0v) is 14.6. The maximum atomic E-state index is 12.8. The van der Waals surface area contributed by atoms with Crippen molar-refractivity contribution in [2.45, 2.75) is 6.18 Å². The van der Waals surface area contributed by atoms with Crippen LogP contribution in [0.1, 0.15) is 16.1 Å². The molecule has 1 aromatic carbocycles. The molecule has 0 atom stereocenters. The van der Waals surface area contributed by atoms with Crippen molar-refractivity contribution in [3.8, 4) is 0 Å². The fourth-order valence-electron chi connectivity index (χ4n) is 2.78. The van der Waals surface area contributed by atoms with Gasteiger partial charge in [0.1, 0.15) is 11.5 Å². The van der Waals surface area contributed by atoms with Crippen LogP contribution in [0.15, 0.2) is 42.5 Å². The maximum Gasteiger partial charge on any atom is 0.416 e. The third-order valence-electron chi connectivity index (χ3n) is 4.10. The summed E-state index contributed by atoms with van der Waals surface area (Å²) in [6.45, 7) is 1.72. The van der Waals surface area contributed by atoms with Gasteiger partial charge in [-0.2, -0.15) is 13.2 Å². The van der Waals surface area contributed by atoms with Gasteiger partial charge in [0.05, 0.1) is 5.56 Å². The number of benzene rings is 1. The Kier molecular flexibility index (Phi) is 5.97. The molecule has 1 aromatic heterocycles. The molecule has 2 N–H and O–H groups in total. The Hall–Kier alpha value is -2.48. The average molecular weight is 387 g/mol. The van der Waals surface area contributed by atoms with Crippen molar-refractivity contribution >= 4 is 29.8 Å². The van der Waals surface area contributed by atoms with E-state index in [-0.39, 0.29) is 29.8 Å². The molecule has 1 amide bonds. The lowest BCUT2D eigenvalue weighted by molar-refractivity contribution is -0.137. The van der Waals surface area contributed by atoms with Crippen molar-refractivity contribution in [3.05, 3.63) is 53.7 Å². The monoisotopic (exact) mass is 386 g/mol. The van der Waals surface area contributed by atoms with Gasteiger partial charge in [-0.1, -0.05) is 12.1 Å². The highest BCUT2D eigenvalue weighted by molar-refractivity contribution is 5.92. The molecule has 2 aromatic rings. The number of pyridine rings is 1. The topological polar surface area (TPSA) is 62.5 Å². The zero-order valence-electron chi connectivity index (χ0n) is 13.7. The Labute approximate surface area is 155 Å². The molecule has 1 saturated heterocycles. The second-order valence-electron chi connectivity index (χ2n) is 5.78. The minimum absolute atomic E-state index is 0. The maximum absolute atomic E-state index is 12.8. The largest absolute Gasteiger partial charge is 0.416 e. The summed E-state index contributed by atoms with van der Waals surface area (Å²) in [6, 6.07) is 10.1. The van der Waals surface area contributed by atoms with Gasteiger partial charge in [-0.15, -0.1) is 12.4 Å². The van der Waals surface area contributed by atoms with Crippen LogP contribution in [-0.2, 0) is 6.18 Å². The first-order chi connectivity index (χ1) is 11.8. The van der Waals surface area contributed by atoms with E-state index >= 15 is 0 Å². The standard InChI is InChI=1S/C17H17F3N4O.ClH/c18-17(19,20)12-3-1-4-13(11-12)23-7-9-24(10-8-23)16(25)14-5-2-6-15(21)22-14;/h1-6,11H,7-10H2,(H2,21,22);1H. The lowest BCUT2D eigenvalue weighted by atomic mass is 10.1. The van der Waals surface area contributed by atoms with E-state index in [1.165, 1.54) is 6.07 Å². The summed E-state index contributed by atoms with van der Waals surface area (Å²) in [4.78, 5) is 19.9. The van der Waals surface area contributed by atoms with Gasteiger partial charge in [-0.3, -0.25) is 4.79 Å². The molecule has 0 spiro atoms. The Morgan fingerprint density at radius 1 is 1.04 bits per heavy atom. The first-order valence-electron chi connectivity index (χ1n) is 7.78. The molecule has 26 heavy (non-hydrogen) atoms. The molecule has 0 unspecified atom stereocenters. The minimum Gasteiger partial charge on any atom is -0.384 e. The highest BCUT2D eigenvalue weighted by Gasteiger charge is 2.31. The third-order valence-corrected chi connectivity index (χ3v) is 4.10. The lowest BCUT2D eigenvalue weighted by Crippen LogP contribution is -2.49. The predicted molar refractivity (Wildman–Crippen MR) is 95.5 cm³/mol. The Morgan fingerprint density at radius 3 is 2.31 bits per heavy atom. The van der Waals surface area contributed by atoms with Crippen LogP contribution in [0.5, 0.6) is 0 Å². The van der Waals surface area contributed by atoms with Crippen molar-refractivity contribution in [2.24, 2.45) is 0 Å². The molecule has 1 aliphatic heterocycles. The Morgan fingerprint density at radius 2 is 1.69 bits per heavy atom. The molecule has 0 aliphatic carbocycles. The fourth-order valence-corrected chi connectivity index (χ4v) is 2.78. The molecule has 0 radical (unpaired) electrons. The highest BCUT2D eigenvalue weighted by Crippen LogP contribution is 2.31. The summed E-state index contributed by atoms with van der Waals surface area (Å²) in [7, 11) is 0. The van der Waals surface area contributed by atoms with Crippen molar-refractivity contribution < 1.29 is 18.0 Å². The van der Waals surface area contributed by atoms with E-state index in [1.54, 1.807) is 29.2 Å². The van der Waals surface area contributed by atoms with Crippen LogP contribution < -0.4 is 10.6 Å². The molecule has 0 bridgehead atoms. The predicted octanol–water partition coefficient (Wildman–Crippen LogP) is 3.07. The van der Waals surface area contributed by atoms with Gasteiger partial charge in [-0.25, -0.2) is 4.98 Å². The molecule has 140 valence electrons. The van der Waals surface area contributed by atoms with E-state index in [2.05, 4.69) is 4.98 Å². The molecular weight excluding hydrogens is 369 g/mol. The number of carbonyl (C=O) groups excluding carboxylic acids is 1. The number of rotatable bonds is 2. The van der Waals surface area contributed by atoms with Crippen LogP contribution in [-0.4, -0.2) is 42.0 Å². The number of anilines is 2.